The molecule has 0 atom stereocenters. The Morgan fingerprint density at radius 2 is 1.72 bits per heavy atom. The molecule has 1 amide bonds. The smallest absolute Gasteiger partial charge is 0.252 e. The summed E-state index contributed by atoms with van der Waals surface area (Å²) in [4.78, 5) is 12.2. The van der Waals surface area contributed by atoms with Crippen molar-refractivity contribution in [2.24, 2.45) is 0 Å². The van der Waals surface area contributed by atoms with E-state index in [4.69, 9.17) is 6.42 Å². The monoisotopic (exact) mass is 243 g/mol. The molecular weight excluding hydrogens is 222 g/mol. The van der Waals surface area contributed by atoms with Gasteiger partial charge in [-0.1, -0.05) is 37.0 Å². The van der Waals surface area contributed by atoms with Gasteiger partial charge in [-0.2, -0.15) is 0 Å². The van der Waals surface area contributed by atoms with E-state index in [0.717, 1.165) is 24.0 Å². The van der Waals surface area contributed by atoms with Crippen LogP contribution in [0.3, 0.4) is 0 Å². The zero-order valence-electron chi connectivity index (χ0n) is 11.6. The molecule has 0 saturated carbocycles. The predicted octanol–water partition coefficient (Wildman–Crippen LogP) is 3.23. The molecule has 0 radical (unpaired) electrons. The fourth-order valence-corrected chi connectivity index (χ4v) is 2.06. The molecular formula is C16H21NO. The second kappa shape index (κ2) is 5.73. The molecule has 0 spiro atoms. The fraction of sp³-hybridized carbons (Fsp3) is 0.438. The summed E-state index contributed by atoms with van der Waals surface area (Å²) < 4.78 is 0. The average Bonchev–Trinajstić information content (AvgIpc) is 2.35. The quantitative estimate of drug-likeness (QED) is 0.808. The molecule has 96 valence electrons. The van der Waals surface area contributed by atoms with E-state index < -0.39 is 5.54 Å². The van der Waals surface area contributed by atoms with Gasteiger partial charge in [0, 0.05) is 5.56 Å². The van der Waals surface area contributed by atoms with E-state index in [1.54, 1.807) is 0 Å². The second-order valence-electron chi connectivity index (χ2n) is 4.76. The number of terminal acetylenes is 1. The van der Waals surface area contributed by atoms with Gasteiger partial charge in [-0.05, 0) is 38.8 Å². The maximum absolute atomic E-state index is 12.2. The van der Waals surface area contributed by atoms with Crippen molar-refractivity contribution in [3.63, 3.8) is 0 Å². The van der Waals surface area contributed by atoms with Crippen LogP contribution >= 0.6 is 0 Å². The highest BCUT2D eigenvalue weighted by molar-refractivity contribution is 5.95. The summed E-state index contributed by atoms with van der Waals surface area (Å²) in [6, 6.07) is 5.81. The Morgan fingerprint density at radius 1 is 1.22 bits per heavy atom. The molecule has 0 fully saturated rings. The highest BCUT2D eigenvalue weighted by atomic mass is 16.1. The number of aryl methyl sites for hydroxylation is 2. The van der Waals surface area contributed by atoms with Crippen LogP contribution in [-0.2, 0) is 0 Å². The van der Waals surface area contributed by atoms with Crippen LogP contribution in [-0.4, -0.2) is 11.4 Å². The summed E-state index contributed by atoms with van der Waals surface area (Å²) in [5.41, 5.74) is 2.31. The standard InChI is InChI=1S/C16H21NO/c1-6-16(7-2,8-3)17-15(18)14-10-12(4)9-13(5)11-14/h1,9-11H,7-8H2,2-5H3,(H,17,18). The molecule has 1 aromatic carbocycles. The van der Waals surface area contributed by atoms with Crippen LogP contribution < -0.4 is 5.32 Å². The van der Waals surface area contributed by atoms with Crippen molar-refractivity contribution < 1.29 is 4.79 Å². The van der Waals surface area contributed by atoms with Gasteiger partial charge in [-0.3, -0.25) is 4.79 Å². The molecule has 1 N–H and O–H groups in total. The van der Waals surface area contributed by atoms with Crippen LogP contribution in [0.1, 0.15) is 48.2 Å². The van der Waals surface area contributed by atoms with Crippen molar-refractivity contribution in [1.29, 1.82) is 0 Å². The number of hydrogen-bond acceptors (Lipinski definition) is 1. The largest absolute Gasteiger partial charge is 0.336 e. The fourth-order valence-electron chi connectivity index (χ4n) is 2.06. The average molecular weight is 243 g/mol. The van der Waals surface area contributed by atoms with E-state index in [0.29, 0.717) is 5.56 Å². The Hall–Kier alpha value is -1.75. The van der Waals surface area contributed by atoms with E-state index in [-0.39, 0.29) is 5.91 Å². The third kappa shape index (κ3) is 3.13. The second-order valence-corrected chi connectivity index (χ2v) is 4.76. The number of nitrogens with one attached hydrogen (secondary N) is 1. The highest BCUT2D eigenvalue weighted by Gasteiger charge is 2.25. The van der Waals surface area contributed by atoms with Crippen molar-refractivity contribution >= 4 is 5.91 Å². The molecule has 2 nitrogen and oxygen atoms in total. The molecule has 1 rings (SSSR count). The molecule has 0 bridgehead atoms. The molecule has 0 aliphatic heterocycles. The zero-order valence-corrected chi connectivity index (χ0v) is 11.6. The van der Waals surface area contributed by atoms with E-state index in [1.807, 2.05) is 45.9 Å². The van der Waals surface area contributed by atoms with Crippen molar-refractivity contribution in [1.82, 2.24) is 5.32 Å². The minimum atomic E-state index is -0.533. The Kier molecular flexibility index (Phi) is 4.55. The maximum Gasteiger partial charge on any atom is 0.252 e. The van der Waals surface area contributed by atoms with Crippen LogP contribution in [0.5, 0.6) is 0 Å². The minimum Gasteiger partial charge on any atom is -0.336 e. The molecule has 0 aliphatic rings. The van der Waals surface area contributed by atoms with Crippen LogP contribution in [0.4, 0.5) is 0 Å². The summed E-state index contributed by atoms with van der Waals surface area (Å²) in [6.45, 7) is 7.95. The summed E-state index contributed by atoms with van der Waals surface area (Å²) in [5.74, 6) is 2.62. The molecule has 2 heteroatoms. The number of benzene rings is 1. The molecule has 0 unspecified atom stereocenters. The normalized spacial score (nSPS) is 10.8. The van der Waals surface area contributed by atoms with Crippen LogP contribution in [0.15, 0.2) is 18.2 Å². The Balaban J connectivity index is 2.98. The van der Waals surface area contributed by atoms with E-state index >= 15 is 0 Å². The summed E-state index contributed by atoms with van der Waals surface area (Å²) in [6.07, 6.45) is 7.02. The first kappa shape index (κ1) is 14.3. The summed E-state index contributed by atoms with van der Waals surface area (Å²) in [5, 5.41) is 2.98. The van der Waals surface area contributed by atoms with Gasteiger partial charge in [0.05, 0.1) is 0 Å². The number of amides is 1. The van der Waals surface area contributed by atoms with Crippen LogP contribution in [0, 0.1) is 26.2 Å². The minimum absolute atomic E-state index is 0.0940. The van der Waals surface area contributed by atoms with Crippen LogP contribution in [0.2, 0.25) is 0 Å². The third-order valence-corrected chi connectivity index (χ3v) is 3.32. The lowest BCUT2D eigenvalue weighted by atomic mass is 9.93. The van der Waals surface area contributed by atoms with E-state index in [9.17, 15) is 4.79 Å². The van der Waals surface area contributed by atoms with Gasteiger partial charge in [0.25, 0.3) is 5.91 Å². The number of rotatable bonds is 4. The van der Waals surface area contributed by atoms with Gasteiger partial charge in [0.2, 0.25) is 0 Å². The lowest BCUT2D eigenvalue weighted by Crippen LogP contribution is -2.46. The van der Waals surface area contributed by atoms with Gasteiger partial charge in [-0.15, -0.1) is 6.42 Å². The van der Waals surface area contributed by atoms with Gasteiger partial charge in [0.15, 0.2) is 0 Å². The molecule has 0 aliphatic carbocycles. The maximum atomic E-state index is 12.2. The van der Waals surface area contributed by atoms with Gasteiger partial charge in [0.1, 0.15) is 5.54 Å². The van der Waals surface area contributed by atoms with Crippen molar-refractivity contribution in [3.05, 3.63) is 34.9 Å². The molecule has 0 saturated heterocycles. The van der Waals surface area contributed by atoms with Crippen molar-refractivity contribution in [3.8, 4) is 12.3 Å². The summed E-state index contributed by atoms with van der Waals surface area (Å²) in [7, 11) is 0. The number of carbonyl (C=O) groups is 1. The van der Waals surface area contributed by atoms with Crippen LogP contribution in [0.25, 0.3) is 0 Å². The van der Waals surface area contributed by atoms with Gasteiger partial charge < -0.3 is 5.32 Å². The van der Waals surface area contributed by atoms with E-state index in [1.165, 1.54) is 0 Å². The summed E-state index contributed by atoms with van der Waals surface area (Å²) >= 11 is 0. The van der Waals surface area contributed by atoms with Crippen molar-refractivity contribution in [2.45, 2.75) is 46.1 Å². The molecule has 1 aromatic rings. The van der Waals surface area contributed by atoms with Gasteiger partial charge >= 0.3 is 0 Å². The van der Waals surface area contributed by atoms with E-state index in [2.05, 4.69) is 11.2 Å². The van der Waals surface area contributed by atoms with Gasteiger partial charge in [-0.25, -0.2) is 0 Å². The first-order valence-corrected chi connectivity index (χ1v) is 6.35. The molecule has 0 heterocycles. The predicted molar refractivity (Wildman–Crippen MR) is 75.5 cm³/mol. The zero-order chi connectivity index (χ0) is 13.8. The topological polar surface area (TPSA) is 29.1 Å². The Morgan fingerprint density at radius 3 is 2.11 bits per heavy atom. The first-order chi connectivity index (χ1) is 8.46. The molecule has 0 aromatic heterocycles. The number of carbonyl (C=O) groups excluding carboxylic acids is 1. The molecule has 18 heavy (non-hydrogen) atoms. The van der Waals surface area contributed by atoms with Crippen molar-refractivity contribution in [2.75, 3.05) is 0 Å². The Bertz CT molecular complexity index is 458. The number of hydrogen-bond donors (Lipinski definition) is 1. The highest BCUT2D eigenvalue weighted by Crippen LogP contribution is 2.16. The first-order valence-electron chi connectivity index (χ1n) is 6.35. The lowest BCUT2D eigenvalue weighted by Gasteiger charge is -2.27. The Labute approximate surface area is 110 Å². The lowest BCUT2D eigenvalue weighted by molar-refractivity contribution is 0.0916. The SMILES string of the molecule is C#CC(CC)(CC)NC(=O)c1cc(C)cc(C)c1. The third-order valence-electron chi connectivity index (χ3n) is 3.32.